The van der Waals surface area contributed by atoms with Crippen LogP contribution in [0.1, 0.15) is 0 Å². The first-order valence-corrected chi connectivity index (χ1v) is 16.8. The Labute approximate surface area is 267 Å². The molecule has 4 heteroatoms. The van der Waals surface area contributed by atoms with Crippen LogP contribution in [0.25, 0.3) is 90.4 Å². The SMILES string of the molecule is c1ccc(-c2ccc3c(n2)c2c4sc5ccccc5c4ccc2n3-c2cccc3c2sc2c(-c4ccccc4)cccc23)cc1. The highest BCUT2D eigenvalue weighted by Gasteiger charge is 2.21. The second-order valence-corrected chi connectivity index (χ2v) is 13.6. The van der Waals surface area contributed by atoms with Crippen LogP contribution >= 0.6 is 22.7 Å². The second kappa shape index (κ2) is 9.60. The van der Waals surface area contributed by atoms with Crippen molar-refractivity contribution in [1.29, 1.82) is 0 Å². The van der Waals surface area contributed by atoms with E-state index in [1.54, 1.807) is 0 Å². The molecule has 0 radical (unpaired) electrons. The van der Waals surface area contributed by atoms with Gasteiger partial charge in [-0.1, -0.05) is 115 Å². The molecule has 0 unspecified atom stereocenters. The zero-order valence-electron chi connectivity index (χ0n) is 24.1. The van der Waals surface area contributed by atoms with Crippen molar-refractivity contribution in [3.05, 3.63) is 146 Å². The largest absolute Gasteiger partial charge is 0.306 e. The van der Waals surface area contributed by atoms with Gasteiger partial charge in [-0.25, -0.2) is 4.98 Å². The fraction of sp³-hybridized carbons (Fsp3) is 0. The van der Waals surface area contributed by atoms with Crippen molar-refractivity contribution in [2.45, 2.75) is 0 Å². The summed E-state index contributed by atoms with van der Waals surface area (Å²) < 4.78 is 7.67. The van der Waals surface area contributed by atoms with Crippen molar-refractivity contribution < 1.29 is 0 Å². The Kier molecular flexibility index (Phi) is 5.35. The Balaban J connectivity index is 1.33. The fourth-order valence-electron chi connectivity index (χ4n) is 7.00. The van der Waals surface area contributed by atoms with E-state index in [4.69, 9.17) is 4.98 Å². The van der Waals surface area contributed by atoms with Crippen LogP contribution in [0.2, 0.25) is 0 Å². The minimum Gasteiger partial charge on any atom is -0.306 e. The van der Waals surface area contributed by atoms with Gasteiger partial charge in [-0.15, -0.1) is 22.7 Å². The summed E-state index contributed by atoms with van der Waals surface area (Å²) >= 11 is 3.77. The summed E-state index contributed by atoms with van der Waals surface area (Å²) in [6, 6.07) is 52.5. The van der Waals surface area contributed by atoms with Gasteiger partial charge >= 0.3 is 0 Å². The molecular formula is C41H24N2S2. The van der Waals surface area contributed by atoms with Gasteiger partial charge in [0.05, 0.1) is 32.6 Å². The van der Waals surface area contributed by atoms with Gasteiger partial charge in [-0.3, -0.25) is 0 Å². The highest BCUT2D eigenvalue weighted by molar-refractivity contribution is 7.27. The van der Waals surface area contributed by atoms with E-state index in [1.165, 1.54) is 68.1 Å². The summed E-state index contributed by atoms with van der Waals surface area (Å²) in [5.41, 5.74) is 9.21. The first-order chi connectivity index (χ1) is 22.3. The Morgan fingerprint density at radius 3 is 1.96 bits per heavy atom. The Morgan fingerprint density at radius 2 is 1.11 bits per heavy atom. The van der Waals surface area contributed by atoms with Crippen molar-refractivity contribution in [2.75, 3.05) is 0 Å². The number of aromatic nitrogens is 2. The molecule has 0 bridgehead atoms. The molecule has 0 amide bonds. The zero-order chi connectivity index (χ0) is 29.5. The maximum absolute atomic E-state index is 5.41. The smallest absolute Gasteiger partial charge is 0.0985 e. The Hall–Kier alpha value is -5.29. The topological polar surface area (TPSA) is 17.8 Å². The van der Waals surface area contributed by atoms with Crippen LogP contribution in [-0.4, -0.2) is 9.55 Å². The first kappa shape index (κ1) is 25.1. The number of nitrogens with zero attached hydrogens (tertiary/aromatic N) is 2. The Bertz CT molecular complexity index is 2750. The van der Waals surface area contributed by atoms with E-state index in [-0.39, 0.29) is 0 Å². The summed E-state index contributed by atoms with van der Waals surface area (Å²) in [5.74, 6) is 0. The van der Waals surface area contributed by atoms with E-state index in [9.17, 15) is 0 Å². The number of hydrogen-bond donors (Lipinski definition) is 0. The summed E-state index contributed by atoms with van der Waals surface area (Å²) in [5, 5.41) is 6.42. The molecule has 0 saturated carbocycles. The van der Waals surface area contributed by atoms with Gasteiger partial charge < -0.3 is 4.57 Å². The molecule has 0 atom stereocenters. The molecule has 4 heterocycles. The van der Waals surface area contributed by atoms with Crippen LogP contribution in [0, 0.1) is 0 Å². The molecule has 0 fully saturated rings. The lowest BCUT2D eigenvalue weighted by Crippen LogP contribution is -1.94. The molecule has 0 saturated heterocycles. The lowest BCUT2D eigenvalue weighted by atomic mass is 10.0. The molecule has 10 aromatic rings. The molecule has 6 aromatic carbocycles. The molecule has 0 aliphatic rings. The molecule has 2 nitrogen and oxygen atoms in total. The van der Waals surface area contributed by atoms with Crippen molar-refractivity contribution in [3.63, 3.8) is 0 Å². The third kappa shape index (κ3) is 3.64. The molecule has 4 aromatic heterocycles. The van der Waals surface area contributed by atoms with Crippen LogP contribution in [0.4, 0.5) is 0 Å². The van der Waals surface area contributed by atoms with E-state index in [0.29, 0.717) is 0 Å². The summed E-state index contributed by atoms with van der Waals surface area (Å²) in [4.78, 5) is 5.41. The zero-order valence-corrected chi connectivity index (χ0v) is 25.7. The third-order valence-corrected chi connectivity index (χ3v) is 11.5. The van der Waals surface area contributed by atoms with Crippen LogP contribution in [-0.2, 0) is 0 Å². The average Bonchev–Trinajstić information content (AvgIpc) is 3.78. The standard InChI is InChI=1S/C41H24N2S2/c1-3-11-25(12-4-1)27-16-9-17-29-30-18-10-19-35(40(30)45-39(27)29)43-33-23-21-31-28-15-7-8-20-36(28)44-41(31)37(33)38-34(43)24-22-32(42-38)26-13-5-2-6-14-26/h1-24H. The van der Waals surface area contributed by atoms with Crippen molar-refractivity contribution in [3.8, 4) is 28.1 Å². The molecule has 45 heavy (non-hydrogen) atoms. The molecule has 0 aliphatic heterocycles. The summed E-state index contributed by atoms with van der Waals surface area (Å²) in [6.07, 6.45) is 0. The third-order valence-electron chi connectivity index (χ3n) is 9.02. The van der Waals surface area contributed by atoms with Crippen molar-refractivity contribution in [1.82, 2.24) is 9.55 Å². The molecule has 0 N–H and O–H groups in total. The number of rotatable bonds is 3. The van der Waals surface area contributed by atoms with Gasteiger partial charge in [0.25, 0.3) is 0 Å². The van der Waals surface area contributed by atoms with Crippen LogP contribution < -0.4 is 0 Å². The molecule has 0 spiro atoms. The van der Waals surface area contributed by atoms with E-state index in [0.717, 1.165) is 22.3 Å². The van der Waals surface area contributed by atoms with Crippen LogP contribution in [0.3, 0.4) is 0 Å². The number of fused-ring (bicyclic) bond motifs is 10. The minimum absolute atomic E-state index is 0.993. The van der Waals surface area contributed by atoms with Gasteiger partial charge in [0, 0.05) is 46.6 Å². The fourth-order valence-corrected chi connectivity index (χ4v) is 9.58. The second-order valence-electron chi connectivity index (χ2n) is 11.5. The van der Waals surface area contributed by atoms with Gasteiger partial charge in [-0.2, -0.15) is 0 Å². The van der Waals surface area contributed by atoms with Crippen molar-refractivity contribution >= 4 is 85.0 Å². The molecule has 210 valence electrons. The van der Waals surface area contributed by atoms with E-state index in [1.807, 2.05) is 22.7 Å². The Morgan fingerprint density at radius 1 is 0.444 bits per heavy atom. The molecule has 0 aliphatic carbocycles. The number of benzene rings is 6. The van der Waals surface area contributed by atoms with Crippen molar-refractivity contribution in [2.24, 2.45) is 0 Å². The maximum Gasteiger partial charge on any atom is 0.0985 e. The average molecular weight is 609 g/mol. The quantitative estimate of drug-likeness (QED) is 0.195. The monoisotopic (exact) mass is 608 g/mol. The van der Waals surface area contributed by atoms with Gasteiger partial charge in [0.1, 0.15) is 0 Å². The lowest BCUT2D eigenvalue weighted by Gasteiger charge is -2.09. The van der Waals surface area contributed by atoms with Crippen LogP contribution in [0.5, 0.6) is 0 Å². The number of pyridine rings is 1. The molecular weight excluding hydrogens is 585 g/mol. The minimum atomic E-state index is 0.993. The number of thiophene rings is 2. The van der Waals surface area contributed by atoms with E-state index >= 15 is 0 Å². The van der Waals surface area contributed by atoms with Gasteiger partial charge in [-0.05, 0) is 41.5 Å². The first-order valence-electron chi connectivity index (χ1n) is 15.1. The van der Waals surface area contributed by atoms with E-state index in [2.05, 4.69) is 150 Å². The summed E-state index contributed by atoms with van der Waals surface area (Å²) in [6.45, 7) is 0. The van der Waals surface area contributed by atoms with Gasteiger partial charge in [0.15, 0.2) is 0 Å². The van der Waals surface area contributed by atoms with Crippen LogP contribution in [0.15, 0.2) is 146 Å². The predicted molar refractivity (Wildman–Crippen MR) is 195 cm³/mol. The summed E-state index contributed by atoms with van der Waals surface area (Å²) in [7, 11) is 0. The van der Waals surface area contributed by atoms with Gasteiger partial charge in [0.2, 0.25) is 0 Å². The number of hydrogen-bond acceptors (Lipinski definition) is 3. The maximum atomic E-state index is 5.41. The lowest BCUT2D eigenvalue weighted by molar-refractivity contribution is 1.20. The highest BCUT2D eigenvalue weighted by atomic mass is 32.1. The highest BCUT2D eigenvalue weighted by Crippen LogP contribution is 2.46. The normalized spacial score (nSPS) is 12.0. The predicted octanol–water partition coefficient (Wildman–Crippen LogP) is 12.2. The molecule has 10 rings (SSSR count). The van der Waals surface area contributed by atoms with E-state index < -0.39 is 0 Å².